The van der Waals surface area contributed by atoms with Crippen LogP contribution in [0.5, 0.6) is 0 Å². The highest BCUT2D eigenvalue weighted by Crippen LogP contribution is 2.19. The molecule has 0 fully saturated rings. The first-order chi connectivity index (χ1) is 37.5. The maximum atomic E-state index is 12.9. The highest BCUT2D eigenvalue weighted by atomic mass is 16.6. The summed E-state index contributed by atoms with van der Waals surface area (Å²) < 4.78 is 16.9. The van der Waals surface area contributed by atoms with Crippen LogP contribution in [0.25, 0.3) is 0 Å². The summed E-state index contributed by atoms with van der Waals surface area (Å²) in [6.45, 7) is 6.72. The first kappa shape index (κ1) is 74.4. The summed E-state index contributed by atoms with van der Waals surface area (Å²) in [6.07, 6.45) is 77.2. The van der Waals surface area contributed by atoms with Gasteiger partial charge >= 0.3 is 17.9 Å². The Morgan fingerprint density at radius 1 is 0.211 bits per heavy atom. The van der Waals surface area contributed by atoms with Gasteiger partial charge in [-0.2, -0.15) is 0 Å². The minimum Gasteiger partial charge on any atom is -0.462 e. The Kier molecular flexibility index (Phi) is 64.5. The molecule has 76 heavy (non-hydrogen) atoms. The van der Waals surface area contributed by atoms with Gasteiger partial charge in [-0.1, -0.05) is 374 Å². The van der Waals surface area contributed by atoms with Gasteiger partial charge in [0.1, 0.15) is 13.2 Å². The maximum Gasteiger partial charge on any atom is 0.306 e. The number of esters is 3. The number of ether oxygens (including phenoxy) is 3. The molecule has 0 bridgehead atoms. The van der Waals surface area contributed by atoms with Gasteiger partial charge in [0, 0.05) is 19.3 Å². The first-order valence-electron chi connectivity index (χ1n) is 35.0. The van der Waals surface area contributed by atoms with Gasteiger partial charge in [-0.3, -0.25) is 14.4 Å². The van der Waals surface area contributed by atoms with Crippen LogP contribution in [-0.2, 0) is 28.6 Å². The molecule has 1 atom stereocenters. The van der Waals surface area contributed by atoms with Gasteiger partial charge in [0.25, 0.3) is 0 Å². The minimum absolute atomic E-state index is 0.0606. The average molecular weight is 1070 g/mol. The second-order valence-corrected chi connectivity index (χ2v) is 24.2. The molecule has 452 valence electrons. The lowest BCUT2D eigenvalue weighted by Crippen LogP contribution is -2.30. The molecule has 0 aliphatic carbocycles. The third-order valence-corrected chi connectivity index (χ3v) is 16.4. The minimum atomic E-state index is -0.762. The Morgan fingerprint density at radius 3 is 0.526 bits per heavy atom. The van der Waals surface area contributed by atoms with Gasteiger partial charge in [-0.05, 0) is 19.3 Å². The highest BCUT2D eigenvalue weighted by molar-refractivity contribution is 5.71. The Labute approximate surface area is 476 Å². The zero-order valence-electron chi connectivity index (χ0n) is 52.1. The van der Waals surface area contributed by atoms with Crippen LogP contribution in [0.1, 0.15) is 412 Å². The van der Waals surface area contributed by atoms with E-state index in [1.165, 1.54) is 315 Å². The zero-order chi connectivity index (χ0) is 55.0. The molecule has 0 amide bonds. The average Bonchev–Trinajstić information content (AvgIpc) is 3.42. The van der Waals surface area contributed by atoms with Crippen molar-refractivity contribution >= 4 is 17.9 Å². The van der Waals surface area contributed by atoms with Crippen molar-refractivity contribution in [1.29, 1.82) is 0 Å². The predicted molar refractivity (Wildman–Crippen MR) is 330 cm³/mol. The predicted octanol–water partition coefficient (Wildman–Crippen LogP) is 23.8. The fourth-order valence-corrected chi connectivity index (χ4v) is 11.1. The SMILES string of the molecule is CCCCCCCCCCCCCCCCCCCCCCCCCCCCCCCCCC(=O)OCC(COC(=O)CCCCCCCCCCCCC)OC(=O)CCCCCCCCCCCCCCCCCC. The van der Waals surface area contributed by atoms with Crippen LogP contribution < -0.4 is 0 Å². The van der Waals surface area contributed by atoms with Crippen LogP contribution in [0, 0.1) is 0 Å². The Bertz CT molecular complexity index is 1140. The fourth-order valence-electron chi connectivity index (χ4n) is 11.1. The molecule has 6 nitrogen and oxygen atoms in total. The number of hydrogen-bond acceptors (Lipinski definition) is 6. The fraction of sp³-hybridized carbons (Fsp3) is 0.957. The Hall–Kier alpha value is -1.59. The van der Waals surface area contributed by atoms with Crippen molar-refractivity contribution in [2.45, 2.75) is 419 Å². The molecule has 6 heteroatoms. The van der Waals surface area contributed by atoms with Crippen LogP contribution in [0.4, 0.5) is 0 Å². The van der Waals surface area contributed by atoms with Gasteiger partial charge in [0.05, 0.1) is 0 Å². The smallest absolute Gasteiger partial charge is 0.306 e. The molecule has 0 heterocycles. The van der Waals surface area contributed by atoms with Crippen molar-refractivity contribution in [3.63, 3.8) is 0 Å². The molecule has 0 aliphatic rings. The van der Waals surface area contributed by atoms with E-state index in [1.807, 2.05) is 0 Å². The molecule has 0 saturated carbocycles. The van der Waals surface area contributed by atoms with Crippen molar-refractivity contribution in [1.82, 2.24) is 0 Å². The third kappa shape index (κ3) is 63.2. The molecule has 0 aromatic rings. The van der Waals surface area contributed by atoms with E-state index in [-0.39, 0.29) is 31.1 Å². The Balaban J connectivity index is 4.04. The number of carbonyl (C=O) groups is 3. The van der Waals surface area contributed by atoms with E-state index in [0.717, 1.165) is 57.8 Å². The van der Waals surface area contributed by atoms with Gasteiger partial charge in [0.2, 0.25) is 0 Å². The summed E-state index contributed by atoms with van der Waals surface area (Å²) in [5.74, 6) is -0.826. The van der Waals surface area contributed by atoms with E-state index >= 15 is 0 Å². The molecule has 0 aliphatic heterocycles. The quantitative estimate of drug-likeness (QED) is 0.0343. The lowest BCUT2D eigenvalue weighted by atomic mass is 10.0. The van der Waals surface area contributed by atoms with Gasteiger partial charge < -0.3 is 14.2 Å². The second kappa shape index (κ2) is 65.9. The Morgan fingerprint density at radius 2 is 0.355 bits per heavy atom. The van der Waals surface area contributed by atoms with E-state index in [4.69, 9.17) is 14.2 Å². The van der Waals surface area contributed by atoms with Crippen LogP contribution in [0.3, 0.4) is 0 Å². The van der Waals surface area contributed by atoms with Crippen LogP contribution >= 0.6 is 0 Å². The first-order valence-corrected chi connectivity index (χ1v) is 35.0. The molecular weight excluding hydrogens is 937 g/mol. The number of hydrogen-bond donors (Lipinski definition) is 0. The summed E-state index contributed by atoms with van der Waals surface area (Å²) in [5.41, 5.74) is 0. The molecule has 1 unspecified atom stereocenters. The van der Waals surface area contributed by atoms with Crippen molar-refractivity contribution in [3.05, 3.63) is 0 Å². The van der Waals surface area contributed by atoms with E-state index in [1.54, 1.807) is 0 Å². The lowest BCUT2D eigenvalue weighted by molar-refractivity contribution is -0.167. The zero-order valence-corrected chi connectivity index (χ0v) is 52.1. The molecule has 0 spiro atoms. The monoisotopic (exact) mass is 1070 g/mol. The van der Waals surface area contributed by atoms with Crippen molar-refractivity contribution < 1.29 is 28.6 Å². The topological polar surface area (TPSA) is 78.9 Å². The van der Waals surface area contributed by atoms with Crippen molar-refractivity contribution in [3.8, 4) is 0 Å². The molecule has 0 aromatic carbocycles. The summed E-state index contributed by atoms with van der Waals surface area (Å²) in [7, 11) is 0. The van der Waals surface area contributed by atoms with E-state index in [0.29, 0.717) is 19.3 Å². The van der Waals surface area contributed by atoms with Crippen molar-refractivity contribution in [2.75, 3.05) is 13.2 Å². The van der Waals surface area contributed by atoms with Crippen LogP contribution in [0.2, 0.25) is 0 Å². The second-order valence-electron chi connectivity index (χ2n) is 24.2. The summed E-state index contributed by atoms with van der Waals surface area (Å²) >= 11 is 0. The highest BCUT2D eigenvalue weighted by Gasteiger charge is 2.19. The molecule has 0 saturated heterocycles. The summed E-state index contributed by atoms with van der Waals surface area (Å²) in [5, 5.41) is 0. The normalized spacial score (nSPS) is 11.9. The largest absolute Gasteiger partial charge is 0.462 e. The molecule has 0 rings (SSSR count). The third-order valence-electron chi connectivity index (χ3n) is 16.4. The van der Waals surface area contributed by atoms with E-state index in [9.17, 15) is 14.4 Å². The van der Waals surface area contributed by atoms with Gasteiger partial charge in [-0.15, -0.1) is 0 Å². The number of carbonyl (C=O) groups excluding carboxylic acids is 3. The summed E-state index contributed by atoms with van der Waals surface area (Å²) in [6, 6.07) is 0. The van der Waals surface area contributed by atoms with E-state index < -0.39 is 6.10 Å². The summed E-state index contributed by atoms with van der Waals surface area (Å²) in [4.78, 5) is 38.3. The van der Waals surface area contributed by atoms with Crippen LogP contribution in [0.15, 0.2) is 0 Å². The van der Waals surface area contributed by atoms with Gasteiger partial charge in [0.15, 0.2) is 6.10 Å². The standard InChI is InChI=1S/C70H136O6/c1-4-7-10-13-16-19-22-24-26-28-29-30-31-32-33-34-35-36-37-38-39-40-41-42-44-45-48-51-54-57-60-63-69(72)75-66-67(65-74-68(71)62-59-56-53-50-47-21-18-15-12-9-6-3)76-70(73)64-61-58-55-52-49-46-43-27-25-23-20-17-14-11-8-5-2/h67H,4-66H2,1-3H3. The number of rotatable bonds is 66. The lowest BCUT2D eigenvalue weighted by Gasteiger charge is -2.18. The van der Waals surface area contributed by atoms with Gasteiger partial charge in [-0.25, -0.2) is 0 Å². The molecule has 0 aromatic heterocycles. The number of unbranched alkanes of at least 4 members (excludes halogenated alkanes) is 55. The molecular formula is C70H136O6. The van der Waals surface area contributed by atoms with Crippen LogP contribution in [-0.4, -0.2) is 37.2 Å². The molecule has 0 N–H and O–H groups in total. The van der Waals surface area contributed by atoms with Crippen molar-refractivity contribution in [2.24, 2.45) is 0 Å². The maximum absolute atomic E-state index is 12.9. The molecule has 0 radical (unpaired) electrons. The van der Waals surface area contributed by atoms with E-state index in [2.05, 4.69) is 20.8 Å².